The lowest BCUT2D eigenvalue weighted by Gasteiger charge is -2.19. The molecule has 2 heterocycles. The molecular formula is C9H14ClNO2. The first kappa shape index (κ1) is 9.28. The van der Waals surface area contributed by atoms with Gasteiger partial charge in [0.15, 0.2) is 0 Å². The number of hydrogen-bond acceptors (Lipinski definition) is 2. The number of halogens is 1. The number of rotatable bonds is 3. The third-order valence-corrected chi connectivity index (χ3v) is 2.96. The highest BCUT2D eigenvalue weighted by Gasteiger charge is 2.41. The molecule has 2 fully saturated rings. The van der Waals surface area contributed by atoms with Crippen LogP contribution in [0.3, 0.4) is 0 Å². The van der Waals surface area contributed by atoms with Crippen molar-refractivity contribution in [1.29, 1.82) is 0 Å². The van der Waals surface area contributed by atoms with E-state index in [0.717, 1.165) is 19.3 Å². The standard InChI is InChI=1S/C9H14ClNO2/c10-4-3-9(12)11-7-5-6-1-2-8(7)13-6/h6-8H,1-5H2,(H,11,12). The Balaban J connectivity index is 1.79. The molecule has 2 rings (SSSR count). The van der Waals surface area contributed by atoms with Crippen LogP contribution < -0.4 is 5.32 Å². The summed E-state index contributed by atoms with van der Waals surface area (Å²) in [6, 6.07) is 0.245. The van der Waals surface area contributed by atoms with Crippen LogP contribution in [-0.2, 0) is 9.53 Å². The van der Waals surface area contributed by atoms with E-state index in [9.17, 15) is 4.79 Å². The SMILES string of the molecule is O=C(CCCl)NC1CC2CCC1O2. The normalized spacial score (nSPS) is 36.5. The van der Waals surface area contributed by atoms with Gasteiger partial charge in [0.25, 0.3) is 0 Å². The molecule has 0 aromatic heterocycles. The van der Waals surface area contributed by atoms with Gasteiger partial charge >= 0.3 is 0 Å². The summed E-state index contributed by atoms with van der Waals surface area (Å²) in [6.07, 6.45) is 4.31. The molecule has 74 valence electrons. The van der Waals surface area contributed by atoms with Crippen LogP contribution in [0, 0.1) is 0 Å². The highest BCUT2D eigenvalue weighted by molar-refractivity contribution is 6.18. The fourth-order valence-electron chi connectivity index (χ4n) is 2.15. The highest BCUT2D eigenvalue weighted by atomic mass is 35.5. The lowest BCUT2D eigenvalue weighted by molar-refractivity contribution is -0.121. The number of ether oxygens (including phenoxy) is 1. The van der Waals surface area contributed by atoms with Gasteiger partial charge in [-0.1, -0.05) is 0 Å². The summed E-state index contributed by atoms with van der Waals surface area (Å²) >= 11 is 5.47. The summed E-state index contributed by atoms with van der Waals surface area (Å²) in [4.78, 5) is 11.2. The Morgan fingerprint density at radius 2 is 2.38 bits per heavy atom. The average molecular weight is 204 g/mol. The minimum Gasteiger partial charge on any atom is -0.373 e. The lowest BCUT2D eigenvalue weighted by atomic mass is 9.95. The maximum absolute atomic E-state index is 11.2. The van der Waals surface area contributed by atoms with E-state index in [-0.39, 0.29) is 18.1 Å². The fourth-order valence-corrected chi connectivity index (χ4v) is 2.33. The van der Waals surface area contributed by atoms with Gasteiger partial charge < -0.3 is 10.1 Å². The van der Waals surface area contributed by atoms with Crippen molar-refractivity contribution in [2.75, 3.05) is 5.88 Å². The van der Waals surface area contributed by atoms with E-state index >= 15 is 0 Å². The second kappa shape index (κ2) is 3.84. The van der Waals surface area contributed by atoms with Gasteiger partial charge in [0.2, 0.25) is 5.91 Å². The number of fused-ring (bicyclic) bond motifs is 2. The highest BCUT2D eigenvalue weighted by Crippen LogP contribution is 2.34. The minimum atomic E-state index is 0.0520. The molecule has 2 aliphatic heterocycles. The maximum atomic E-state index is 11.2. The van der Waals surface area contributed by atoms with Gasteiger partial charge in [-0.2, -0.15) is 0 Å². The zero-order valence-corrected chi connectivity index (χ0v) is 8.22. The Labute approximate surface area is 82.8 Å². The van der Waals surface area contributed by atoms with Crippen LogP contribution in [0.4, 0.5) is 0 Å². The Morgan fingerprint density at radius 3 is 2.92 bits per heavy atom. The van der Waals surface area contributed by atoms with Gasteiger partial charge in [-0.15, -0.1) is 11.6 Å². The van der Waals surface area contributed by atoms with Crippen molar-refractivity contribution >= 4 is 17.5 Å². The van der Waals surface area contributed by atoms with Crippen molar-refractivity contribution in [2.24, 2.45) is 0 Å². The first-order chi connectivity index (χ1) is 6.29. The van der Waals surface area contributed by atoms with Gasteiger partial charge in [-0.3, -0.25) is 4.79 Å². The number of hydrogen-bond donors (Lipinski definition) is 1. The molecule has 13 heavy (non-hydrogen) atoms. The van der Waals surface area contributed by atoms with Crippen LogP contribution in [0.2, 0.25) is 0 Å². The molecule has 3 unspecified atom stereocenters. The number of carbonyl (C=O) groups is 1. The molecule has 2 bridgehead atoms. The predicted octanol–water partition coefficient (Wildman–Crippen LogP) is 1.05. The first-order valence-electron chi connectivity index (χ1n) is 4.80. The molecular weight excluding hydrogens is 190 g/mol. The number of nitrogens with one attached hydrogen (secondary N) is 1. The van der Waals surface area contributed by atoms with Crippen molar-refractivity contribution < 1.29 is 9.53 Å². The van der Waals surface area contributed by atoms with Gasteiger partial charge in [0.1, 0.15) is 0 Å². The van der Waals surface area contributed by atoms with Gasteiger partial charge in [-0.05, 0) is 19.3 Å². The summed E-state index contributed by atoms with van der Waals surface area (Å²) in [5.74, 6) is 0.448. The average Bonchev–Trinajstić information content (AvgIpc) is 2.65. The Bertz CT molecular complexity index is 210. The number of amides is 1. The van der Waals surface area contributed by atoms with Crippen LogP contribution in [0.15, 0.2) is 0 Å². The molecule has 3 atom stereocenters. The summed E-state index contributed by atoms with van der Waals surface area (Å²) in [7, 11) is 0. The van der Waals surface area contributed by atoms with Crippen molar-refractivity contribution in [2.45, 2.75) is 43.9 Å². The van der Waals surface area contributed by atoms with E-state index < -0.39 is 0 Å². The first-order valence-corrected chi connectivity index (χ1v) is 5.34. The van der Waals surface area contributed by atoms with Crippen LogP contribution in [0.5, 0.6) is 0 Å². The fraction of sp³-hybridized carbons (Fsp3) is 0.889. The van der Waals surface area contributed by atoms with Crippen molar-refractivity contribution in [1.82, 2.24) is 5.32 Å². The largest absolute Gasteiger partial charge is 0.373 e. The van der Waals surface area contributed by atoms with Gasteiger partial charge in [-0.25, -0.2) is 0 Å². The molecule has 1 N–H and O–H groups in total. The predicted molar refractivity (Wildman–Crippen MR) is 49.8 cm³/mol. The second-order valence-corrected chi connectivity index (χ2v) is 4.10. The molecule has 1 amide bonds. The molecule has 2 saturated heterocycles. The third kappa shape index (κ3) is 1.97. The smallest absolute Gasteiger partial charge is 0.221 e. The third-order valence-electron chi connectivity index (χ3n) is 2.77. The molecule has 0 aliphatic carbocycles. The molecule has 0 saturated carbocycles. The maximum Gasteiger partial charge on any atom is 0.221 e. The second-order valence-electron chi connectivity index (χ2n) is 3.72. The van der Waals surface area contributed by atoms with Crippen LogP contribution in [0.1, 0.15) is 25.7 Å². The van der Waals surface area contributed by atoms with Crippen molar-refractivity contribution in [3.05, 3.63) is 0 Å². The molecule has 0 radical (unpaired) electrons. The molecule has 0 aromatic rings. The summed E-state index contributed by atoms with van der Waals surface area (Å²) < 4.78 is 5.62. The van der Waals surface area contributed by atoms with Crippen LogP contribution in [0.25, 0.3) is 0 Å². The van der Waals surface area contributed by atoms with E-state index in [1.165, 1.54) is 0 Å². The quantitative estimate of drug-likeness (QED) is 0.697. The number of carbonyl (C=O) groups excluding carboxylic acids is 1. The lowest BCUT2D eigenvalue weighted by Crippen LogP contribution is -2.41. The van der Waals surface area contributed by atoms with Gasteiger partial charge in [0.05, 0.1) is 18.2 Å². The van der Waals surface area contributed by atoms with Crippen LogP contribution in [-0.4, -0.2) is 30.0 Å². The topological polar surface area (TPSA) is 38.3 Å². The summed E-state index contributed by atoms with van der Waals surface area (Å²) in [5.41, 5.74) is 0. The van der Waals surface area contributed by atoms with Crippen molar-refractivity contribution in [3.63, 3.8) is 0 Å². The van der Waals surface area contributed by atoms with E-state index in [0.29, 0.717) is 18.4 Å². The van der Waals surface area contributed by atoms with Crippen LogP contribution >= 0.6 is 11.6 Å². The summed E-state index contributed by atoms with van der Waals surface area (Å²) in [6.45, 7) is 0. The Morgan fingerprint density at radius 1 is 1.54 bits per heavy atom. The molecule has 0 aromatic carbocycles. The minimum absolute atomic E-state index is 0.0520. The monoisotopic (exact) mass is 203 g/mol. The molecule has 2 aliphatic rings. The molecule has 3 nitrogen and oxygen atoms in total. The number of alkyl halides is 1. The Kier molecular flexibility index (Phi) is 2.74. The summed E-state index contributed by atoms with van der Waals surface area (Å²) in [5, 5.41) is 2.96. The van der Waals surface area contributed by atoms with E-state index in [1.54, 1.807) is 0 Å². The van der Waals surface area contributed by atoms with E-state index in [4.69, 9.17) is 16.3 Å². The van der Waals surface area contributed by atoms with Crippen molar-refractivity contribution in [3.8, 4) is 0 Å². The molecule has 0 spiro atoms. The zero-order valence-electron chi connectivity index (χ0n) is 7.46. The Hall–Kier alpha value is -0.280. The van der Waals surface area contributed by atoms with Gasteiger partial charge in [0, 0.05) is 12.3 Å². The van der Waals surface area contributed by atoms with E-state index in [1.807, 2.05) is 0 Å². The van der Waals surface area contributed by atoms with E-state index in [2.05, 4.69) is 5.32 Å². The zero-order chi connectivity index (χ0) is 9.26. The molecule has 4 heteroatoms.